The summed E-state index contributed by atoms with van der Waals surface area (Å²) in [6.07, 6.45) is 7.67. The number of piperidine rings is 1. The third-order valence-electron chi connectivity index (χ3n) is 6.13. The minimum absolute atomic E-state index is 0.229. The van der Waals surface area contributed by atoms with E-state index >= 15 is 0 Å². The maximum atomic E-state index is 12.8. The van der Waals surface area contributed by atoms with Crippen LogP contribution in [-0.4, -0.2) is 47.1 Å². The minimum atomic E-state index is 0.229. The van der Waals surface area contributed by atoms with E-state index in [1.807, 2.05) is 35.2 Å². The molecule has 3 aromatic rings. The van der Waals surface area contributed by atoms with Crippen molar-refractivity contribution in [3.63, 3.8) is 0 Å². The number of likely N-dealkylation sites (tertiary alicyclic amines) is 1. The Labute approximate surface area is 192 Å². The molecule has 2 aliphatic heterocycles. The Balaban J connectivity index is 1.13. The predicted molar refractivity (Wildman–Crippen MR) is 124 cm³/mol. The van der Waals surface area contributed by atoms with Crippen molar-refractivity contribution in [2.45, 2.75) is 38.0 Å². The van der Waals surface area contributed by atoms with Gasteiger partial charge in [0.2, 0.25) is 5.91 Å². The second-order valence-electron chi connectivity index (χ2n) is 8.29. The minimum Gasteiger partial charge on any atom is -0.490 e. The van der Waals surface area contributed by atoms with E-state index in [-0.39, 0.29) is 5.91 Å². The quantitative estimate of drug-likeness (QED) is 0.565. The van der Waals surface area contributed by atoms with Crippen LogP contribution < -0.4 is 9.47 Å². The maximum absolute atomic E-state index is 12.8. The standard InChI is InChI=1S/C25H27N3O3S/c29-24(5-3-18-2-4-22-23(16-18)31-15-1-14-30-22)28-12-8-20(9-13-28)25-27-21(17-32-25)19-6-10-26-11-7-19/h2,4,6-7,10-11,16-17,20H,1,3,5,8-9,12-15H2. The molecule has 2 aliphatic rings. The van der Waals surface area contributed by atoms with Crippen LogP contribution in [-0.2, 0) is 11.2 Å². The number of fused-ring (bicyclic) bond motifs is 1. The molecule has 0 saturated carbocycles. The Morgan fingerprint density at radius 3 is 2.66 bits per heavy atom. The lowest BCUT2D eigenvalue weighted by Gasteiger charge is -2.31. The van der Waals surface area contributed by atoms with Crippen LogP contribution >= 0.6 is 11.3 Å². The van der Waals surface area contributed by atoms with Gasteiger partial charge in [-0.05, 0) is 49.1 Å². The van der Waals surface area contributed by atoms with E-state index in [2.05, 4.69) is 10.4 Å². The topological polar surface area (TPSA) is 64.6 Å². The van der Waals surface area contributed by atoms with Crippen molar-refractivity contribution in [1.29, 1.82) is 0 Å². The van der Waals surface area contributed by atoms with Crippen molar-refractivity contribution in [1.82, 2.24) is 14.9 Å². The summed E-state index contributed by atoms with van der Waals surface area (Å²) in [6, 6.07) is 9.99. The highest BCUT2D eigenvalue weighted by atomic mass is 32.1. The maximum Gasteiger partial charge on any atom is 0.222 e. The van der Waals surface area contributed by atoms with Crippen molar-refractivity contribution < 1.29 is 14.3 Å². The zero-order valence-electron chi connectivity index (χ0n) is 18.0. The SMILES string of the molecule is O=C(CCc1ccc2c(c1)OCCCO2)N1CCC(c2nc(-c3ccncc3)cs2)CC1. The van der Waals surface area contributed by atoms with Gasteiger partial charge in [-0.1, -0.05) is 6.07 Å². The van der Waals surface area contributed by atoms with E-state index in [9.17, 15) is 4.79 Å². The zero-order valence-corrected chi connectivity index (χ0v) is 18.9. The number of thiazole rings is 1. The van der Waals surface area contributed by atoms with Crippen LogP contribution in [0.1, 0.15) is 42.2 Å². The zero-order chi connectivity index (χ0) is 21.8. The number of hydrogen-bond donors (Lipinski definition) is 0. The summed E-state index contributed by atoms with van der Waals surface area (Å²) in [7, 11) is 0. The Morgan fingerprint density at radius 1 is 1.06 bits per heavy atom. The molecular formula is C25H27N3O3S. The van der Waals surface area contributed by atoms with Crippen LogP contribution in [0.15, 0.2) is 48.1 Å². The van der Waals surface area contributed by atoms with Gasteiger partial charge in [-0.3, -0.25) is 9.78 Å². The highest BCUT2D eigenvalue weighted by molar-refractivity contribution is 7.10. The number of nitrogens with zero attached hydrogens (tertiary/aromatic N) is 3. The number of aryl methyl sites for hydroxylation is 1. The second kappa shape index (κ2) is 9.69. The first-order valence-corrected chi connectivity index (χ1v) is 12.2. The molecule has 1 aromatic carbocycles. The van der Waals surface area contributed by atoms with Gasteiger partial charge in [0.25, 0.3) is 0 Å². The van der Waals surface area contributed by atoms with Gasteiger partial charge in [0.1, 0.15) is 0 Å². The summed E-state index contributed by atoms with van der Waals surface area (Å²) in [5, 5.41) is 3.30. The van der Waals surface area contributed by atoms with Crippen molar-refractivity contribution in [3.05, 3.63) is 58.7 Å². The molecule has 7 heteroatoms. The second-order valence-corrected chi connectivity index (χ2v) is 9.18. The summed E-state index contributed by atoms with van der Waals surface area (Å²) < 4.78 is 11.5. The first-order chi connectivity index (χ1) is 15.8. The Bertz CT molecular complexity index is 1060. The van der Waals surface area contributed by atoms with Crippen LogP contribution in [0.5, 0.6) is 11.5 Å². The van der Waals surface area contributed by atoms with Gasteiger partial charge in [-0.2, -0.15) is 0 Å². The van der Waals surface area contributed by atoms with Crippen molar-refractivity contribution in [2.75, 3.05) is 26.3 Å². The molecule has 1 amide bonds. The summed E-state index contributed by atoms with van der Waals surface area (Å²) in [6.45, 7) is 2.96. The van der Waals surface area contributed by atoms with E-state index in [1.165, 1.54) is 5.01 Å². The van der Waals surface area contributed by atoms with E-state index < -0.39 is 0 Å². The van der Waals surface area contributed by atoms with Gasteiger partial charge in [-0.15, -0.1) is 11.3 Å². The van der Waals surface area contributed by atoms with E-state index in [4.69, 9.17) is 14.5 Å². The Hall–Kier alpha value is -2.93. The lowest BCUT2D eigenvalue weighted by atomic mass is 9.97. The Kier molecular flexibility index (Phi) is 6.34. The van der Waals surface area contributed by atoms with E-state index in [1.54, 1.807) is 23.7 Å². The van der Waals surface area contributed by atoms with Crippen LogP contribution in [0.3, 0.4) is 0 Å². The number of amides is 1. The number of pyridine rings is 1. The fourth-order valence-corrected chi connectivity index (χ4v) is 5.28. The van der Waals surface area contributed by atoms with Crippen LogP contribution in [0, 0.1) is 0 Å². The molecule has 0 unspecified atom stereocenters. The highest BCUT2D eigenvalue weighted by Crippen LogP contribution is 2.33. The van der Waals surface area contributed by atoms with Crippen molar-refractivity contribution in [3.8, 4) is 22.8 Å². The van der Waals surface area contributed by atoms with Crippen molar-refractivity contribution >= 4 is 17.2 Å². The number of ether oxygens (including phenoxy) is 2. The number of aromatic nitrogens is 2. The third-order valence-corrected chi connectivity index (χ3v) is 7.14. The van der Waals surface area contributed by atoms with Gasteiger partial charge < -0.3 is 14.4 Å². The molecule has 5 rings (SSSR count). The first kappa shape index (κ1) is 20.9. The van der Waals surface area contributed by atoms with Gasteiger partial charge in [0.05, 0.1) is 23.9 Å². The highest BCUT2D eigenvalue weighted by Gasteiger charge is 2.25. The molecule has 6 nitrogen and oxygen atoms in total. The van der Waals surface area contributed by atoms with E-state index in [0.29, 0.717) is 25.6 Å². The summed E-state index contributed by atoms with van der Waals surface area (Å²) in [5.74, 6) is 2.25. The molecule has 0 radical (unpaired) electrons. The molecule has 0 aliphatic carbocycles. The van der Waals surface area contributed by atoms with Crippen molar-refractivity contribution in [2.24, 2.45) is 0 Å². The monoisotopic (exact) mass is 449 g/mol. The summed E-state index contributed by atoms with van der Waals surface area (Å²) in [4.78, 5) is 23.7. The molecule has 1 fully saturated rings. The predicted octanol–water partition coefficient (Wildman–Crippen LogP) is 4.71. The molecule has 2 aromatic heterocycles. The molecule has 0 spiro atoms. The number of hydrogen-bond acceptors (Lipinski definition) is 6. The molecule has 4 heterocycles. The van der Waals surface area contributed by atoms with Crippen LogP contribution in [0.25, 0.3) is 11.3 Å². The molecule has 0 N–H and O–H groups in total. The average Bonchev–Trinajstić information content (AvgIpc) is 3.23. The van der Waals surface area contributed by atoms with Gasteiger partial charge in [-0.25, -0.2) is 4.98 Å². The average molecular weight is 450 g/mol. The molecule has 0 atom stereocenters. The van der Waals surface area contributed by atoms with Gasteiger partial charge in [0.15, 0.2) is 11.5 Å². The molecule has 1 saturated heterocycles. The molecular weight excluding hydrogens is 422 g/mol. The largest absolute Gasteiger partial charge is 0.490 e. The van der Waals surface area contributed by atoms with E-state index in [0.717, 1.165) is 67.1 Å². The number of rotatable bonds is 5. The van der Waals surface area contributed by atoms with Crippen LogP contribution in [0.2, 0.25) is 0 Å². The number of benzene rings is 1. The number of carbonyl (C=O) groups is 1. The smallest absolute Gasteiger partial charge is 0.222 e. The summed E-state index contributed by atoms with van der Waals surface area (Å²) in [5.41, 5.74) is 3.23. The fourth-order valence-electron chi connectivity index (χ4n) is 4.28. The number of carbonyl (C=O) groups excluding carboxylic acids is 1. The molecule has 166 valence electrons. The summed E-state index contributed by atoms with van der Waals surface area (Å²) >= 11 is 1.72. The normalized spacial score (nSPS) is 16.6. The first-order valence-electron chi connectivity index (χ1n) is 11.3. The Morgan fingerprint density at radius 2 is 1.84 bits per heavy atom. The molecule has 0 bridgehead atoms. The lowest BCUT2D eigenvalue weighted by Crippen LogP contribution is -2.38. The third kappa shape index (κ3) is 4.78. The van der Waals surface area contributed by atoms with Crippen LogP contribution in [0.4, 0.5) is 0 Å². The van der Waals surface area contributed by atoms with Gasteiger partial charge in [0, 0.05) is 55.2 Å². The lowest BCUT2D eigenvalue weighted by molar-refractivity contribution is -0.132. The molecule has 32 heavy (non-hydrogen) atoms. The fraction of sp³-hybridized carbons (Fsp3) is 0.400. The van der Waals surface area contributed by atoms with Gasteiger partial charge >= 0.3 is 0 Å².